The van der Waals surface area contributed by atoms with Crippen molar-refractivity contribution < 1.29 is 19.4 Å². The van der Waals surface area contributed by atoms with Crippen LogP contribution in [0.2, 0.25) is 0 Å². The molecule has 2 atom stereocenters. The number of rotatable bonds is 3. The Balaban J connectivity index is 2.55. The largest absolute Gasteiger partial charge is 0.496 e. The molecule has 96 valence electrons. The molecule has 4 heteroatoms. The van der Waals surface area contributed by atoms with Crippen molar-refractivity contribution in [2.24, 2.45) is 0 Å². The minimum atomic E-state index is -1.32. The number of hydrogen-bond donors (Lipinski definition) is 1. The van der Waals surface area contributed by atoms with E-state index in [2.05, 4.69) is 6.58 Å². The van der Waals surface area contributed by atoms with Gasteiger partial charge in [0.2, 0.25) is 0 Å². The van der Waals surface area contributed by atoms with Crippen LogP contribution in [0.4, 0.5) is 0 Å². The van der Waals surface area contributed by atoms with Crippen LogP contribution in [0.3, 0.4) is 0 Å². The molecule has 0 spiro atoms. The Kier molecular flexibility index (Phi) is 2.91. The maximum atomic E-state index is 11.2. The van der Waals surface area contributed by atoms with Crippen molar-refractivity contribution in [1.29, 1.82) is 0 Å². The fourth-order valence-electron chi connectivity index (χ4n) is 2.36. The van der Waals surface area contributed by atoms with Gasteiger partial charge >= 0.3 is 5.97 Å². The fourth-order valence-corrected chi connectivity index (χ4v) is 2.36. The molecule has 0 aliphatic heterocycles. The van der Waals surface area contributed by atoms with Crippen LogP contribution in [0.25, 0.3) is 0 Å². The van der Waals surface area contributed by atoms with Crippen molar-refractivity contribution in [3.8, 4) is 5.75 Å². The predicted molar refractivity (Wildman–Crippen MR) is 66.2 cm³/mol. The average molecular weight is 248 g/mol. The minimum absolute atomic E-state index is 0.448. The van der Waals surface area contributed by atoms with E-state index in [1.807, 2.05) is 0 Å². The van der Waals surface area contributed by atoms with Crippen LogP contribution in [0.1, 0.15) is 31.1 Å². The number of aliphatic hydroxyl groups is 1. The topological polar surface area (TPSA) is 55.8 Å². The second-order valence-corrected chi connectivity index (χ2v) is 4.46. The number of esters is 1. The van der Waals surface area contributed by atoms with Crippen molar-refractivity contribution in [3.63, 3.8) is 0 Å². The van der Waals surface area contributed by atoms with Gasteiger partial charge in [0.1, 0.15) is 5.75 Å². The Morgan fingerprint density at radius 1 is 1.44 bits per heavy atom. The van der Waals surface area contributed by atoms with Crippen molar-refractivity contribution in [1.82, 2.24) is 0 Å². The Bertz CT molecular complexity index is 521. The Morgan fingerprint density at radius 3 is 2.61 bits per heavy atom. The van der Waals surface area contributed by atoms with Crippen LogP contribution < -0.4 is 4.74 Å². The van der Waals surface area contributed by atoms with E-state index in [1.165, 1.54) is 6.92 Å². The Hall–Kier alpha value is -1.81. The Morgan fingerprint density at radius 2 is 2.11 bits per heavy atom. The third-order valence-corrected chi connectivity index (χ3v) is 3.27. The zero-order chi connectivity index (χ0) is 13.5. The molecule has 1 aromatic rings. The molecule has 0 radical (unpaired) electrons. The molecular weight excluding hydrogens is 232 g/mol. The summed E-state index contributed by atoms with van der Waals surface area (Å²) in [4.78, 5) is 11.2. The molecule has 1 aliphatic carbocycles. The molecule has 0 saturated heterocycles. The van der Waals surface area contributed by atoms with Gasteiger partial charge in [-0.2, -0.15) is 0 Å². The number of carbonyl (C=O) groups excluding carboxylic acids is 1. The highest BCUT2D eigenvalue weighted by Crippen LogP contribution is 2.57. The summed E-state index contributed by atoms with van der Waals surface area (Å²) in [6, 6.07) is 5.34. The summed E-state index contributed by atoms with van der Waals surface area (Å²) < 4.78 is 10.4. The second-order valence-electron chi connectivity index (χ2n) is 4.46. The van der Waals surface area contributed by atoms with Crippen molar-refractivity contribution in [2.75, 3.05) is 7.11 Å². The third kappa shape index (κ3) is 1.53. The van der Waals surface area contributed by atoms with Gasteiger partial charge < -0.3 is 14.6 Å². The van der Waals surface area contributed by atoms with Gasteiger partial charge in [0.05, 0.1) is 7.11 Å². The molecule has 1 aromatic carbocycles. The first-order chi connectivity index (χ1) is 8.42. The summed E-state index contributed by atoms with van der Waals surface area (Å²) in [6.45, 7) is 6.80. The standard InChI is InChI=1S/C14H16O4/c1-8(2)14(16)10-6-5-7-11(17-4)12(10)13(14)18-9(3)15/h5-7,13,16H,1H2,2-4H3/t13-,14+/m0/s1. The summed E-state index contributed by atoms with van der Waals surface area (Å²) in [5.74, 6) is 0.154. The molecule has 0 aromatic heterocycles. The van der Waals surface area contributed by atoms with Crippen LogP contribution in [-0.2, 0) is 15.1 Å². The predicted octanol–water partition coefficient (Wildman–Crippen LogP) is 2.08. The smallest absolute Gasteiger partial charge is 0.303 e. The van der Waals surface area contributed by atoms with Gasteiger partial charge in [-0.3, -0.25) is 4.79 Å². The SMILES string of the molecule is C=C(C)[C@@]1(O)c2cccc(OC)c2[C@@H]1OC(C)=O. The summed E-state index contributed by atoms with van der Waals surface area (Å²) in [5, 5.41) is 10.6. The zero-order valence-electron chi connectivity index (χ0n) is 10.7. The first kappa shape index (κ1) is 12.6. The van der Waals surface area contributed by atoms with E-state index in [9.17, 15) is 9.90 Å². The highest BCUT2D eigenvalue weighted by atomic mass is 16.6. The van der Waals surface area contributed by atoms with Gasteiger partial charge in [-0.15, -0.1) is 0 Å². The molecule has 0 bridgehead atoms. The van der Waals surface area contributed by atoms with E-state index in [0.717, 1.165) is 0 Å². The van der Waals surface area contributed by atoms with Gasteiger partial charge in [0.25, 0.3) is 0 Å². The minimum Gasteiger partial charge on any atom is -0.496 e. The number of ether oxygens (including phenoxy) is 2. The quantitative estimate of drug-likeness (QED) is 0.657. The van der Waals surface area contributed by atoms with Gasteiger partial charge in [-0.1, -0.05) is 18.7 Å². The van der Waals surface area contributed by atoms with E-state index in [1.54, 1.807) is 32.2 Å². The monoisotopic (exact) mass is 248 g/mol. The first-order valence-electron chi connectivity index (χ1n) is 5.65. The lowest BCUT2D eigenvalue weighted by molar-refractivity contribution is -0.168. The first-order valence-corrected chi connectivity index (χ1v) is 5.65. The normalized spacial score (nSPS) is 24.8. The van der Waals surface area contributed by atoms with E-state index in [4.69, 9.17) is 9.47 Å². The highest BCUT2D eigenvalue weighted by Gasteiger charge is 2.55. The van der Waals surface area contributed by atoms with E-state index < -0.39 is 17.7 Å². The van der Waals surface area contributed by atoms with E-state index >= 15 is 0 Å². The van der Waals surface area contributed by atoms with Crippen LogP contribution in [0.5, 0.6) is 5.75 Å². The zero-order valence-corrected chi connectivity index (χ0v) is 10.7. The van der Waals surface area contributed by atoms with Crippen molar-refractivity contribution >= 4 is 5.97 Å². The van der Waals surface area contributed by atoms with E-state index in [-0.39, 0.29) is 0 Å². The summed E-state index contributed by atoms with van der Waals surface area (Å²) in [5.41, 5.74) is 0.603. The van der Waals surface area contributed by atoms with Gasteiger partial charge in [0.15, 0.2) is 11.7 Å². The lowest BCUT2D eigenvalue weighted by Gasteiger charge is -2.47. The molecule has 1 N–H and O–H groups in total. The molecule has 0 heterocycles. The molecule has 0 unspecified atom stereocenters. The molecule has 18 heavy (non-hydrogen) atoms. The molecule has 0 saturated carbocycles. The summed E-state index contributed by atoms with van der Waals surface area (Å²) in [7, 11) is 1.54. The number of fused-ring (bicyclic) bond motifs is 1. The van der Waals surface area contributed by atoms with Gasteiger partial charge in [0, 0.05) is 18.1 Å². The number of carbonyl (C=O) groups is 1. The number of hydrogen-bond acceptors (Lipinski definition) is 4. The van der Waals surface area contributed by atoms with Gasteiger partial charge in [-0.05, 0) is 18.6 Å². The van der Waals surface area contributed by atoms with E-state index in [0.29, 0.717) is 22.4 Å². The number of benzene rings is 1. The molecular formula is C14H16O4. The van der Waals surface area contributed by atoms with Crippen LogP contribution in [-0.4, -0.2) is 18.2 Å². The highest BCUT2D eigenvalue weighted by molar-refractivity contribution is 5.69. The fraction of sp³-hybridized carbons (Fsp3) is 0.357. The average Bonchev–Trinajstić information content (AvgIpc) is 2.33. The molecule has 0 amide bonds. The number of methoxy groups -OCH3 is 1. The van der Waals surface area contributed by atoms with Gasteiger partial charge in [-0.25, -0.2) is 0 Å². The molecule has 2 rings (SSSR count). The van der Waals surface area contributed by atoms with Crippen molar-refractivity contribution in [2.45, 2.75) is 25.6 Å². The summed E-state index contributed by atoms with van der Waals surface area (Å²) in [6.07, 6.45) is -0.751. The second kappa shape index (κ2) is 4.14. The lowest BCUT2D eigenvalue weighted by Crippen LogP contribution is -2.46. The maximum Gasteiger partial charge on any atom is 0.303 e. The third-order valence-electron chi connectivity index (χ3n) is 3.27. The molecule has 4 nitrogen and oxygen atoms in total. The lowest BCUT2D eigenvalue weighted by atomic mass is 9.67. The Labute approximate surface area is 106 Å². The van der Waals surface area contributed by atoms with Crippen LogP contribution in [0, 0.1) is 0 Å². The summed E-state index contributed by atoms with van der Waals surface area (Å²) >= 11 is 0. The van der Waals surface area contributed by atoms with Crippen molar-refractivity contribution in [3.05, 3.63) is 41.5 Å². The molecule has 1 aliphatic rings. The maximum absolute atomic E-state index is 11.2. The van der Waals surface area contributed by atoms with Crippen LogP contribution in [0.15, 0.2) is 30.4 Å². The van der Waals surface area contributed by atoms with Crippen LogP contribution >= 0.6 is 0 Å². The molecule has 0 fully saturated rings.